The molecule has 2 aromatic heterocycles. The van der Waals surface area contributed by atoms with Gasteiger partial charge in [-0.05, 0) is 31.2 Å². The fourth-order valence-electron chi connectivity index (χ4n) is 2.89. The van der Waals surface area contributed by atoms with Crippen molar-refractivity contribution >= 4 is 10.9 Å². The average Bonchev–Trinajstić information content (AvgIpc) is 2.99. The molecule has 0 atom stereocenters. The molecule has 0 unspecified atom stereocenters. The number of hydrogen-bond acceptors (Lipinski definition) is 1. The summed E-state index contributed by atoms with van der Waals surface area (Å²) < 4.78 is 2.22. The second-order valence-electron chi connectivity index (χ2n) is 5.43. The number of aromatic nitrogens is 2. The van der Waals surface area contributed by atoms with Crippen LogP contribution >= 0.6 is 0 Å². The number of nitrogens with zero attached hydrogens (tertiary/aromatic N) is 2. The zero-order valence-corrected chi connectivity index (χ0v) is 12.4. The zero-order valence-electron chi connectivity index (χ0n) is 12.4. The van der Waals surface area contributed by atoms with Gasteiger partial charge in [-0.1, -0.05) is 48.5 Å². The van der Waals surface area contributed by atoms with Gasteiger partial charge in [0.2, 0.25) is 0 Å². The molecule has 4 rings (SSSR count). The summed E-state index contributed by atoms with van der Waals surface area (Å²) in [4.78, 5) is 4.77. The van der Waals surface area contributed by atoms with E-state index >= 15 is 0 Å². The van der Waals surface area contributed by atoms with Gasteiger partial charge in [0.1, 0.15) is 0 Å². The molecule has 2 nitrogen and oxygen atoms in total. The molecular weight excluding hydrogens is 268 g/mol. The van der Waals surface area contributed by atoms with E-state index in [9.17, 15) is 0 Å². The van der Waals surface area contributed by atoms with Gasteiger partial charge >= 0.3 is 0 Å². The van der Waals surface area contributed by atoms with Gasteiger partial charge in [-0.2, -0.15) is 0 Å². The largest absolute Gasteiger partial charge is 0.316 e. The van der Waals surface area contributed by atoms with Gasteiger partial charge in [0.15, 0.2) is 0 Å². The standard InChI is InChI=1S/C20H16N2/c1-15-14-19-18(20(21-15)16-8-4-2-5-9-16)12-13-22(19)17-10-6-3-7-11-17/h2-14H,1H3. The minimum atomic E-state index is 1.03. The molecule has 22 heavy (non-hydrogen) atoms. The first-order valence-corrected chi connectivity index (χ1v) is 7.42. The third kappa shape index (κ3) is 2.09. The van der Waals surface area contributed by atoms with Crippen LogP contribution in [-0.4, -0.2) is 9.55 Å². The van der Waals surface area contributed by atoms with Gasteiger partial charge in [-0.15, -0.1) is 0 Å². The molecule has 106 valence electrons. The van der Waals surface area contributed by atoms with E-state index in [1.165, 1.54) is 16.6 Å². The van der Waals surface area contributed by atoms with Crippen LogP contribution in [0.25, 0.3) is 27.8 Å². The van der Waals surface area contributed by atoms with E-state index < -0.39 is 0 Å². The maximum absolute atomic E-state index is 4.77. The van der Waals surface area contributed by atoms with Crippen molar-refractivity contribution in [3.05, 3.63) is 84.7 Å². The maximum atomic E-state index is 4.77. The summed E-state index contributed by atoms with van der Waals surface area (Å²) >= 11 is 0. The monoisotopic (exact) mass is 284 g/mol. The number of pyridine rings is 1. The predicted octanol–water partition coefficient (Wildman–Crippen LogP) is 5.00. The molecule has 0 fully saturated rings. The second-order valence-corrected chi connectivity index (χ2v) is 5.43. The SMILES string of the molecule is Cc1cc2c(ccn2-c2ccccc2)c(-c2ccccc2)n1. The molecule has 0 spiro atoms. The Labute approximate surface area is 129 Å². The first-order valence-electron chi connectivity index (χ1n) is 7.42. The molecule has 2 heteroatoms. The lowest BCUT2D eigenvalue weighted by atomic mass is 10.1. The van der Waals surface area contributed by atoms with Crippen LogP contribution < -0.4 is 0 Å². The lowest BCUT2D eigenvalue weighted by Crippen LogP contribution is -1.94. The molecule has 0 aliphatic rings. The molecule has 0 bridgehead atoms. The summed E-state index contributed by atoms with van der Waals surface area (Å²) in [5, 5.41) is 1.18. The molecule has 0 radical (unpaired) electrons. The van der Waals surface area contributed by atoms with E-state index in [0.29, 0.717) is 0 Å². The van der Waals surface area contributed by atoms with Gasteiger partial charge in [0.25, 0.3) is 0 Å². The lowest BCUT2D eigenvalue weighted by Gasteiger charge is -2.08. The molecule has 0 saturated carbocycles. The van der Waals surface area contributed by atoms with Crippen molar-refractivity contribution < 1.29 is 0 Å². The highest BCUT2D eigenvalue weighted by Gasteiger charge is 2.11. The zero-order chi connectivity index (χ0) is 14.9. The smallest absolute Gasteiger partial charge is 0.0799 e. The molecule has 4 aromatic rings. The van der Waals surface area contributed by atoms with Crippen molar-refractivity contribution in [1.82, 2.24) is 9.55 Å². The van der Waals surface area contributed by atoms with Crippen molar-refractivity contribution in [3.63, 3.8) is 0 Å². The van der Waals surface area contributed by atoms with E-state index in [4.69, 9.17) is 4.98 Å². The molecular formula is C20H16N2. The van der Waals surface area contributed by atoms with Crippen LogP contribution in [0.5, 0.6) is 0 Å². The Morgan fingerprint density at radius 1 is 0.818 bits per heavy atom. The molecule has 0 aliphatic heterocycles. The number of hydrogen-bond donors (Lipinski definition) is 0. The summed E-state index contributed by atoms with van der Waals surface area (Å²) in [6.07, 6.45) is 2.12. The topological polar surface area (TPSA) is 17.8 Å². The molecule has 2 heterocycles. The molecule has 0 saturated heterocycles. The summed E-state index contributed by atoms with van der Waals surface area (Å²) in [6.45, 7) is 2.05. The normalized spacial score (nSPS) is 11.0. The van der Waals surface area contributed by atoms with Crippen LogP contribution in [0.3, 0.4) is 0 Å². The van der Waals surface area contributed by atoms with Crippen LogP contribution in [0.15, 0.2) is 79.0 Å². The summed E-state index contributed by atoms with van der Waals surface area (Å²) in [5.41, 5.74) is 5.59. The third-order valence-electron chi connectivity index (χ3n) is 3.90. The van der Waals surface area contributed by atoms with E-state index in [0.717, 1.165) is 17.0 Å². The van der Waals surface area contributed by atoms with E-state index in [1.807, 2.05) is 19.1 Å². The quantitative estimate of drug-likeness (QED) is 0.506. The van der Waals surface area contributed by atoms with Crippen molar-refractivity contribution in [2.24, 2.45) is 0 Å². The van der Waals surface area contributed by atoms with Gasteiger partial charge < -0.3 is 4.57 Å². The number of benzene rings is 2. The fraction of sp³-hybridized carbons (Fsp3) is 0.0500. The van der Waals surface area contributed by atoms with E-state index in [1.54, 1.807) is 0 Å². The minimum absolute atomic E-state index is 1.03. The maximum Gasteiger partial charge on any atom is 0.0799 e. The highest BCUT2D eigenvalue weighted by Crippen LogP contribution is 2.29. The highest BCUT2D eigenvalue weighted by molar-refractivity contribution is 5.94. The third-order valence-corrected chi connectivity index (χ3v) is 3.90. The lowest BCUT2D eigenvalue weighted by molar-refractivity contribution is 1.12. The van der Waals surface area contributed by atoms with Gasteiger partial charge in [-0.25, -0.2) is 0 Å². The van der Waals surface area contributed by atoms with Gasteiger partial charge in [0, 0.05) is 28.5 Å². The molecule has 0 amide bonds. The van der Waals surface area contributed by atoms with Crippen molar-refractivity contribution in [2.45, 2.75) is 6.92 Å². The Morgan fingerprint density at radius 2 is 1.50 bits per heavy atom. The Bertz CT molecular complexity index is 922. The number of fused-ring (bicyclic) bond motifs is 1. The Hall–Kier alpha value is -2.87. The van der Waals surface area contributed by atoms with Crippen molar-refractivity contribution in [1.29, 1.82) is 0 Å². The van der Waals surface area contributed by atoms with Crippen molar-refractivity contribution in [3.8, 4) is 16.9 Å². The van der Waals surface area contributed by atoms with Crippen LogP contribution in [0, 0.1) is 6.92 Å². The number of rotatable bonds is 2. The summed E-state index contributed by atoms with van der Waals surface area (Å²) in [6, 6.07) is 25.1. The molecule has 0 aliphatic carbocycles. The van der Waals surface area contributed by atoms with Crippen LogP contribution in [-0.2, 0) is 0 Å². The van der Waals surface area contributed by atoms with Crippen molar-refractivity contribution in [2.75, 3.05) is 0 Å². The van der Waals surface area contributed by atoms with Gasteiger partial charge in [0.05, 0.1) is 11.2 Å². The van der Waals surface area contributed by atoms with E-state index in [-0.39, 0.29) is 0 Å². The Balaban J connectivity index is 2.00. The number of aryl methyl sites for hydroxylation is 1. The van der Waals surface area contributed by atoms with Crippen LogP contribution in [0.1, 0.15) is 5.69 Å². The van der Waals surface area contributed by atoms with Crippen LogP contribution in [0.2, 0.25) is 0 Å². The first-order chi connectivity index (χ1) is 10.8. The second kappa shape index (κ2) is 5.15. The summed E-state index contributed by atoms with van der Waals surface area (Å²) in [5.74, 6) is 0. The van der Waals surface area contributed by atoms with E-state index in [2.05, 4.69) is 71.4 Å². The highest BCUT2D eigenvalue weighted by atomic mass is 15.0. The van der Waals surface area contributed by atoms with Crippen LogP contribution in [0.4, 0.5) is 0 Å². The first kappa shape index (κ1) is 12.8. The average molecular weight is 284 g/mol. The Kier molecular flexibility index (Phi) is 3.01. The predicted molar refractivity (Wildman–Crippen MR) is 91.2 cm³/mol. The molecule has 2 aromatic carbocycles. The minimum Gasteiger partial charge on any atom is -0.316 e. The fourth-order valence-corrected chi connectivity index (χ4v) is 2.89. The summed E-state index contributed by atoms with van der Waals surface area (Å²) in [7, 11) is 0. The van der Waals surface area contributed by atoms with Gasteiger partial charge in [-0.3, -0.25) is 4.98 Å². The molecule has 0 N–H and O–H groups in total. The number of para-hydroxylation sites is 1. The Morgan fingerprint density at radius 3 is 2.23 bits per heavy atom.